The Morgan fingerprint density at radius 2 is 1.38 bits per heavy atom. The zero-order valence-electron chi connectivity index (χ0n) is 25.6. The minimum absolute atomic E-state index is 0.0322. The first kappa shape index (κ1) is 35.4. The van der Waals surface area contributed by atoms with E-state index in [1.165, 1.54) is 12.1 Å². The van der Waals surface area contributed by atoms with Crippen molar-refractivity contribution in [2.45, 2.75) is 111 Å². The van der Waals surface area contributed by atoms with Gasteiger partial charge in [0.25, 0.3) is 10.1 Å². The van der Waals surface area contributed by atoms with E-state index in [0.29, 0.717) is 0 Å². The number of alkyl carbamates (subject to hydrolysis) is 1. The molecule has 1 aromatic rings. The number of amides is 1. The predicted molar refractivity (Wildman–Crippen MR) is 151 cm³/mol. The molecule has 1 amide bonds. The van der Waals surface area contributed by atoms with E-state index in [2.05, 4.69) is 5.32 Å². The summed E-state index contributed by atoms with van der Waals surface area (Å²) in [5.74, 6) is -2.19. The maximum Gasteiger partial charge on any atom is 0.407 e. The molecule has 1 rings (SSSR count). The van der Waals surface area contributed by atoms with Crippen molar-refractivity contribution in [1.82, 2.24) is 5.32 Å². The Morgan fingerprint density at radius 3 is 1.88 bits per heavy atom. The van der Waals surface area contributed by atoms with Gasteiger partial charge in [0.1, 0.15) is 17.2 Å². The third-order valence-electron chi connectivity index (χ3n) is 5.13. The smallest absolute Gasteiger partial charge is 0.407 e. The molecule has 2 atom stereocenters. The highest BCUT2D eigenvalue weighted by Crippen LogP contribution is 2.23. The number of esters is 2. The molecule has 0 aliphatic rings. The molecule has 10 nitrogen and oxygen atoms in total. The number of carbonyl (C=O) groups excluding carboxylic acids is 3. The molecule has 0 aromatic heterocycles. The molecule has 0 radical (unpaired) electrons. The van der Waals surface area contributed by atoms with Crippen LogP contribution in [-0.4, -0.2) is 56.9 Å². The van der Waals surface area contributed by atoms with E-state index in [-0.39, 0.29) is 42.8 Å². The Morgan fingerprint density at radius 1 is 0.850 bits per heavy atom. The lowest BCUT2D eigenvalue weighted by molar-refractivity contribution is -0.162. The Balaban J connectivity index is 3.05. The molecule has 40 heavy (non-hydrogen) atoms. The van der Waals surface area contributed by atoms with Crippen molar-refractivity contribution >= 4 is 28.1 Å². The topological polar surface area (TPSA) is 134 Å². The van der Waals surface area contributed by atoms with Crippen LogP contribution in [0.25, 0.3) is 0 Å². The summed E-state index contributed by atoms with van der Waals surface area (Å²) in [6, 6.07) is 5.06. The Labute approximate surface area is 239 Å². The van der Waals surface area contributed by atoms with Gasteiger partial charge in [-0.25, -0.2) is 9.59 Å². The summed E-state index contributed by atoms with van der Waals surface area (Å²) < 4.78 is 46.5. The van der Waals surface area contributed by atoms with Gasteiger partial charge in [0, 0.05) is 0 Å². The van der Waals surface area contributed by atoms with Gasteiger partial charge in [-0.3, -0.25) is 8.98 Å². The molecule has 0 heterocycles. The molecule has 0 saturated carbocycles. The summed E-state index contributed by atoms with van der Waals surface area (Å²) in [5, 5.41) is 2.53. The SMILES string of the molecule is Cc1ccc(S(=O)(=O)OCCC[C@H](C[C@H](NC(=O)OCC(C)(C)C)C(=O)OC(C)(C)C)C(=O)OC(C)(C)C)cc1. The van der Waals surface area contributed by atoms with Crippen molar-refractivity contribution in [1.29, 1.82) is 0 Å². The summed E-state index contributed by atoms with van der Waals surface area (Å²) in [5.41, 5.74) is -1.03. The monoisotopic (exact) mass is 585 g/mol. The van der Waals surface area contributed by atoms with E-state index in [4.69, 9.17) is 18.4 Å². The molecule has 1 aromatic carbocycles. The van der Waals surface area contributed by atoms with Crippen LogP contribution in [0, 0.1) is 18.3 Å². The molecule has 0 saturated heterocycles. The van der Waals surface area contributed by atoms with Crippen molar-refractivity contribution < 1.29 is 41.2 Å². The Bertz CT molecular complexity index is 1090. The van der Waals surface area contributed by atoms with Gasteiger partial charge in [-0.1, -0.05) is 38.5 Å². The molecule has 0 aliphatic carbocycles. The zero-order valence-corrected chi connectivity index (χ0v) is 26.4. The minimum atomic E-state index is -3.98. The van der Waals surface area contributed by atoms with Crippen LogP contribution in [0.5, 0.6) is 0 Å². The molecule has 11 heteroatoms. The second kappa shape index (κ2) is 14.3. The van der Waals surface area contributed by atoms with Crippen LogP contribution in [-0.2, 0) is 38.1 Å². The second-order valence-corrected chi connectivity index (χ2v) is 14.7. The number of aryl methyl sites for hydroxylation is 1. The zero-order chi connectivity index (χ0) is 30.9. The van der Waals surface area contributed by atoms with Crippen LogP contribution in [0.4, 0.5) is 4.79 Å². The van der Waals surface area contributed by atoms with E-state index in [9.17, 15) is 22.8 Å². The van der Waals surface area contributed by atoms with Gasteiger partial charge in [-0.15, -0.1) is 0 Å². The maximum absolute atomic E-state index is 13.1. The van der Waals surface area contributed by atoms with Gasteiger partial charge in [-0.05, 0) is 85.3 Å². The maximum atomic E-state index is 13.1. The van der Waals surface area contributed by atoms with Crippen molar-refractivity contribution in [2.75, 3.05) is 13.2 Å². The number of ether oxygens (including phenoxy) is 3. The molecule has 0 fully saturated rings. The summed E-state index contributed by atoms with van der Waals surface area (Å²) >= 11 is 0. The van der Waals surface area contributed by atoms with Gasteiger partial charge >= 0.3 is 18.0 Å². The van der Waals surface area contributed by atoms with Crippen molar-refractivity contribution in [3.05, 3.63) is 29.8 Å². The average molecular weight is 586 g/mol. The van der Waals surface area contributed by atoms with Crippen LogP contribution in [0.1, 0.15) is 87.1 Å². The predicted octanol–water partition coefficient (Wildman–Crippen LogP) is 5.31. The number of hydrogen-bond donors (Lipinski definition) is 1. The fourth-order valence-corrected chi connectivity index (χ4v) is 4.27. The van der Waals surface area contributed by atoms with Crippen molar-refractivity contribution in [3.63, 3.8) is 0 Å². The Kier molecular flexibility index (Phi) is 12.6. The molecule has 0 bridgehead atoms. The van der Waals surface area contributed by atoms with Gasteiger partial charge < -0.3 is 19.5 Å². The quantitative estimate of drug-likeness (QED) is 0.150. The van der Waals surface area contributed by atoms with Crippen LogP contribution in [0.3, 0.4) is 0 Å². The van der Waals surface area contributed by atoms with Gasteiger partial charge in [0.15, 0.2) is 0 Å². The number of nitrogens with one attached hydrogen (secondary N) is 1. The highest BCUT2D eigenvalue weighted by Gasteiger charge is 2.34. The molecule has 228 valence electrons. The van der Waals surface area contributed by atoms with E-state index in [1.807, 2.05) is 27.7 Å². The molecular formula is C29H47NO9S. The van der Waals surface area contributed by atoms with Gasteiger partial charge in [-0.2, -0.15) is 8.42 Å². The molecule has 0 spiro atoms. The highest BCUT2D eigenvalue weighted by atomic mass is 32.2. The summed E-state index contributed by atoms with van der Waals surface area (Å²) in [7, 11) is -3.98. The van der Waals surface area contributed by atoms with Crippen LogP contribution < -0.4 is 5.32 Å². The lowest BCUT2D eigenvalue weighted by Gasteiger charge is -2.28. The van der Waals surface area contributed by atoms with E-state index < -0.39 is 51.3 Å². The number of hydrogen-bond acceptors (Lipinski definition) is 9. The molecule has 0 aliphatic heterocycles. The third-order valence-corrected chi connectivity index (χ3v) is 6.45. The van der Waals surface area contributed by atoms with Gasteiger partial charge in [0.05, 0.1) is 24.0 Å². The largest absolute Gasteiger partial charge is 0.460 e. The summed E-state index contributed by atoms with van der Waals surface area (Å²) in [6.45, 7) is 17.7. The number of benzene rings is 1. The van der Waals surface area contributed by atoms with E-state index in [1.54, 1.807) is 53.7 Å². The minimum Gasteiger partial charge on any atom is -0.460 e. The van der Waals surface area contributed by atoms with Crippen LogP contribution in [0.2, 0.25) is 0 Å². The summed E-state index contributed by atoms with van der Waals surface area (Å²) in [6.07, 6.45) is -0.652. The van der Waals surface area contributed by atoms with Crippen molar-refractivity contribution in [3.8, 4) is 0 Å². The number of rotatable bonds is 12. The fraction of sp³-hybridized carbons (Fsp3) is 0.690. The normalized spacial score (nSPS) is 14.2. The third kappa shape index (κ3) is 14.6. The summed E-state index contributed by atoms with van der Waals surface area (Å²) in [4.78, 5) is 38.7. The van der Waals surface area contributed by atoms with Crippen LogP contribution >= 0.6 is 0 Å². The lowest BCUT2D eigenvalue weighted by Crippen LogP contribution is -2.47. The highest BCUT2D eigenvalue weighted by molar-refractivity contribution is 7.86. The lowest BCUT2D eigenvalue weighted by atomic mass is 9.94. The second-order valence-electron chi connectivity index (χ2n) is 13.1. The van der Waals surface area contributed by atoms with Crippen molar-refractivity contribution in [2.24, 2.45) is 11.3 Å². The average Bonchev–Trinajstić information content (AvgIpc) is 2.76. The van der Waals surface area contributed by atoms with Gasteiger partial charge in [0.2, 0.25) is 0 Å². The Hall–Kier alpha value is -2.66. The first-order valence-corrected chi connectivity index (χ1v) is 14.8. The molecule has 0 unspecified atom stereocenters. The first-order chi connectivity index (χ1) is 18.1. The molecule has 1 N–H and O–H groups in total. The van der Waals surface area contributed by atoms with E-state index in [0.717, 1.165) is 5.56 Å². The fourth-order valence-electron chi connectivity index (χ4n) is 3.33. The first-order valence-electron chi connectivity index (χ1n) is 13.4. The number of carbonyl (C=O) groups is 3. The van der Waals surface area contributed by atoms with Crippen LogP contribution in [0.15, 0.2) is 29.2 Å². The van der Waals surface area contributed by atoms with E-state index >= 15 is 0 Å². The molecular weight excluding hydrogens is 538 g/mol. The standard InChI is InChI=1S/C29H47NO9S/c1-20-13-15-22(16-14-20)40(34,35)37-17-11-12-21(24(31)38-28(5,6)7)18-23(25(32)39-29(8,9)10)30-26(33)36-19-27(2,3)4/h13-16,21,23H,11-12,17-19H2,1-10H3,(H,30,33)/t21-,23+/m1/s1.